The van der Waals surface area contributed by atoms with Crippen molar-refractivity contribution >= 4 is 23.3 Å². The Morgan fingerprint density at radius 3 is 2.82 bits per heavy atom. The van der Waals surface area contributed by atoms with E-state index in [-0.39, 0.29) is 5.92 Å². The van der Waals surface area contributed by atoms with Gasteiger partial charge >= 0.3 is 0 Å². The third kappa shape index (κ3) is 1.70. The molecule has 1 aromatic heterocycles. The third-order valence-electron chi connectivity index (χ3n) is 3.68. The zero-order valence-corrected chi connectivity index (χ0v) is 9.88. The van der Waals surface area contributed by atoms with Crippen LogP contribution in [-0.4, -0.2) is 29.1 Å². The van der Waals surface area contributed by atoms with Crippen LogP contribution >= 0.6 is 11.6 Å². The number of halogens is 1. The highest BCUT2D eigenvalue weighted by molar-refractivity contribution is 6.30. The molecule has 17 heavy (non-hydrogen) atoms. The van der Waals surface area contributed by atoms with Crippen LogP contribution in [0.15, 0.2) is 23.5 Å². The molecule has 1 aliphatic heterocycles. The zero-order valence-electron chi connectivity index (χ0n) is 9.12. The van der Waals surface area contributed by atoms with Crippen LogP contribution in [0.2, 0.25) is 5.02 Å². The maximum Gasteiger partial charge on any atom is 0.142 e. The van der Waals surface area contributed by atoms with Gasteiger partial charge in [-0.15, -0.1) is 0 Å². The Morgan fingerprint density at radius 2 is 2.24 bits per heavy atom. The SMILES string of the molecule is NC(=NO)C1[C@H]2CN(c3cc(Cl)ccn3)C[C@@H]12. The molecule has 2 heterocycles. The van der Waals surface area contributed by atoms with Gasteiger partial charge in [0.1, 0.15) is 11.7 Å². The fourth-order valence-electron chi connectivity index (χ4n) is 2.79. The number of pyridine rings is 1. The van der Waals surface area contributed by atoms with Crippen LogP contribution in [0.5, 0.6) is 0 Å². The van der Waals surface area contributed by atoms with Crippen LogP contribution in [-0.2, 0) is 0 Å². The Morgan fingerprint density at radius 1 is 1.53 bits per heavy atom. The first kappa shape index (κ1) is 10.7. The van der Waals surface area contributed by atoms with Gasteiger partial charge in [0.05, 0.1) is 0 Å². The lowest BCUT2D eigenvalue weighted by Gasteiger charge is -2.20. The molecule has 1 unspecified atom stereocenters. The van der Waals surface area contributed by atoms with Crippen molar-refractivity contribution in [2.75, 3.05) is 18.0 Å². The van der Waals surface area contributed by atoms with Crippen molar-refractivity contribution < 1.29 is 5.21 Å². The number of hydrogen-bond donors (Lipinski definition) is 2. The Balaban J connectivity index is 1.69. The molecule has 1 saturated heterocycles. The maximum atomic E-state index is 8.64. The summed E-state index contributed by atoms with van der Waals surface area (Å²) >= 11 is 5.93. The Kier molecular flexibility index (Phi) is 2.36. The number of nitrogens with two attached hydrogens (primary N) is 1. The number of oxime groups is 1. The van der Waals surface area contributed by atoms with Crippen LogP contribution in [0.4, 0.5) is 5.82 Å². The predicted octanol–water partition coefficient (Wildman–Crippen LogP) is 1.16. The molecule has 1 saturated carbocycles. The standard InChI is InChI=1S/C11H13ClN4O/c12-6-1-2-14-9(3-6)16-4-7-8(5-16)10(7)11(13)15-17/h1-3,7-8,10,17H,4-5H2,(H2,13,15)/t7-,8+,10?. The van der Waals surface area contributed by atoms with Crippen molar-refractivity contribution in [2.45, 2.75) is 0 Å². The van der Waals surface area contributed by atoms with Crippen molar-refractivity contribution in [1.29, 1.82) is 0 Å². The molecule has 1 aliphatic carbocycles. The Hall–Kier alpha value is -1.49. The van der Waals surface area contributed by atoms with Crippen molar-refractivity contribution in [1.82, 2.24) is 4.98 Å². The molecule has 0 amide bonds. The van der Waals surface area contributed by atoms with E-state index < -0.39 is 0 Å². The van der Waals surface area contributed by atoms with Gasteiger partial charge in [-0.2, -0.15) is 0 Å². The number of aromatic nitrogens is 1. The van der Waals surface area contributed by atoms with Crippen LogP contribution in [0.1, 0.15) is 0 Å². The highest BCUT2D eigenvalue weighted by Gasteiger charge is 2.58. The largest absolute Gasteiger partial charge is 0.409 e. The van der Waals surface area contributed by atoms with Crippen molar-refractivity contribution in [3.63, 3.8) is 0 Å². The smallest absolute Gasteiger partial charge is 0.142 e. The van der Waals surface area contributed by atoms with Gasteiger partial charge in [0, 0.05) is 30.2 Å². The average Bonchev–Trinajstić information content (AvgIpc) is 2.82. The van der Waals surface area contributed by atoms with Gasteiger partial charge in [0.15, 0.2) is 0 Å². The van der Waals surface area contributed by atoms with Crippen LogP contribution in [0.25, 0.3) is 0 Å². The van der Waals surface area contributed by atoms with E-state index in [2.05, 4.69) is 15.0 Å². The lowest BCUT2D eigenvalue weighted by atomic mass is 10.2. The molecule has 2 aliphatic rings. The van der Waals surface area contributed by atoms with Crippen molar-refractivity contribution in [3.8, 4) is 0 Å². The topological polar surface area (TPSA) is 74.7 Å². The summed E-state index contributed by atoms with van der Waals surface area (Å²) in [5, 5.41) is 12.4. The average molecular weight is 253 g/mol. The maximum absolute atomic E-state index is 8.64. The molecule has 0 aromatic carbocycles. The van der Waals surface area contributed by atoms with Gasteiger partial charge in [-0.25, -0.2) is 4.98 Å². The van der Waals surface area contributed by atoms with E-state index in [0.29, 0.717) is 22.7 Å². The highest BCUT2D eigenvalue weighted by atomic mass is 35.5. The number of anilines is 1. The second kappa shape index (κ2) is 3.77. The first-order chi connectivity index (χ1) is 8.20. The predicted molar refractivity (Wildman–Crippen MR) is 65.3 cm³/mol. The van der Waals surface area contributed by atoms with E-state index in [1.807, 2.05) is 6.07 Å². The minimum atomic E-state index is 0.246. The first-order valence-electron chi connectivity index (χ1n) is 5.54. The molecule has 0 bridgehead atoms. The van der Waals surface area contributed by atoms with Gasteiger partial charge in [0.25, 0.3) is 0 Å². The Bertz CT molecular complexity index is 466. The fourth-order valence-corrected chi connectivity index (χ4v) is 2.94. The summed E-state index contributed by atoms with van der Waals surface area (Å²) in [6.07, 6.45) is 1.71. The van der Waals surface area contributed by atoms with Crippen molar-refractivity contribution in [3.05, 3.63) is 23.4 Å². The summed E-state index contributed by atoms with van der Waals surface area (Å²) in [7, 11) is 0. The molecular weight excluding hydrogens is 240 g/mol. The first-order valence-corrected chi connectivity index (χ1v) is 5.92. The van der Waals surface area contributed by atoms with Crippen LogP contribution in [0, 0.1) is 17.8 Å². The summed E-state index contributed by atoms with van der Waals surface area (Å²) < 4.78 is 0. The number of amidine groups is 1. The lowest BCUT2D eigenvalue weighted by molar-refractivity contribution is 0.315. The summed E-state index contributed by atoms with van der Waals surface area (Å²) in [4.78, 5) is 6.49. The Labute approximate surface area is 104 Å². The molecule has 90 valence electrons. The monoisotopic (exact) mass is 252 g/mol. The summed E-state index contributed by atoms with van der Waals surface area (Å²) in [6.45, 7) is 1.80. The number of hydrogen-bond acceptors (Lipinski definition) is 4. The van der Waals surface area contributed by atoms with E-state index in [1.54, 1.807) is 12.3 Å². The van der Waals surface area contributed by atoms with Gasteiger partial charge in [0.2, 0.25) is 0 Å². The third-order valence-corrected chi connectivity index (χ3v) is 3.92. The normalized spacial score (nSPS) is 31.5. The summed E-state index contributed by atoms with van der Waals surface area (Å²) in [5.41, 5.74) is 5.62. The second-order valence-corrected chi connectivity index (χ2v) is 5.05. The molecule has 3 N–H and O–H groups in total. The molecule has 0 radical (unpaired) electrons. The van der Waals surface area contributed by atoms with E-state index >= 15 is 0 Å². The molecular formula is C11H13ClN4O. The minimum absolute atomic E-state index is 0.246. The van der Waals surface area contributed by atoms with E-state index in [9.17, 15) is 0 Å². The van der Waals surface area contributed by atoms with Gasteiger partial charge in [-0.3, -0.25) is 0 Å². The van der Waals surface area contributed by atoms with E-state index in [0.717, 1.165) is 18.9 Å². The zero-order chi connectivity index (χ0) is 12.0. The molecule has 3 rings (SSSR count). The quantitative estimate of drug-likeness (QED) is 0.359. The van der Waals surface area contributed by atoms with E-state index in [1.165, 1.54) is 0 Å². The van der Waals surface area contributed by atoms with Gasteiger partial charge in [-0.05, 0) is 24.0 Å². The van der Waals surface area contributed by atoms with E-state index in [4.69, 9.17) is 22.5 Å². The summed E-state index contributed by atoms with van der Waals surface area (Å²) in [6, 6.07) is 3.63. The molecule has 2 fully saturated rings. The molecule has 3 atom stereocenters. The number of fused-ring (bicyclic) bond motifs is 1. The molecule has 6 heteroatoms. The van der Waals surface area contributed by atoms with Gasteiger partial charge < -0.3 is 15.8 Å². The molecule has 1 aromatic rings. The minimum Gasteiger partial charge on any atom is -0.409 e. The molecule has 0 spiro atoms. The van der Waals surface area contributed by atoms with Crippen LogP contribution in [0.3, 0.4) is 0 Å². The van der Waals surface area contributed by atoms with Crippen molar-refractivity contribution in [2.24, 2.45) is 28.6 Å². The lowest BCUT2D eigenvalue weighted by Crippen LogP contribution is -2.29. The summed E-state index contributed by atoms with van der Waals surface area (Å²) in [5.74, 6) is 2.50. The molecule has 5 nitrogen and oxygen atoms in total. The van der Waals surface area contributed by atoms with Crippen LogP contribution < -0.4 is 10.6 Å². The number of rotatable bonds is 2. The fraction of sp³-hybridized carbons (Fsp3) is 0.455. The second-order valence-electron chi connectivity index (χ2n) is 4.62. The highest BCUT2D eigenvalue weighted by Crippen LogP contribution is 2.52. The number of nitrogens with zero attached hydrogens (tertiary/aromatic N) is 3. The van der Waals surface area contributed by atoms with Gasteiger partial charge in [-0.1, -0.05) is 16.8 Å². The number of piperidine rings is 1.